The molecule has 0 unspecified atom stereocenters. The molecule has 37 heavy (non-hydrogen) atoms. The Morgan fingerprint density at radius 3 is 2.59 bits per heavy atom. The van der Waals surface area contributed by atoms with E-state index in [1.165, 1.54) is 6.20 Å². The number of fused-ring (bicyclic) bond motifs is 1. The molecule has 0 bridgehead atoms. The number of carbonyl (C=O) groups excluding carboxylic acids is 1. The van der Waals surface area contributed by atoms with Gasteiger partial charge >= 0.3 is 6.09 Å². The van der Waals surface area contributed by atoms with Crippen LogP contribution in [0.2, 0.25) is 0 Å². The van der Waals surface area contributed by atoms with Crippen molar-refractivity contribution in [3.05, 3.63) is 42.4 Å². The number of aliphatic hydroxyl groups excluding tert-OH is 1. The molecule has 1 N–H and O–H groups in total. The average Bonchev–Trinajstić information content (AvgIpc) is 3.48. The molecular formula is C26H30N6O5. The van der Waals surface area contributed by atoms with Crippen LogP contribution in [0, 0.1) is 11.3 Å². The fourth-order valence-corrected chi connectivity index (χ4v) is 4.45. The predicted octanol–water partition coefficient (Wildman–Crippen LogP) is 2.46. The molecule has 2 aliphatic heterocycles. The third-order valence-corrected chi connectivity index (χ3v) is 6.31. The molecule has 194 valence electrons. The first-order valence-electron chi connectivity index (χ1n) is 12.2. The van der Waals surface area contributed by atoms with Crippen molar-refractivity contribution in [1.29, 1.82) is 5.26 Å². The van der Waals surface area contributed by atoms with E-state index in [0.29, 0.717) is 49.6 Å². The number of amides is 1. The van der Waals surface area contributed by atoms with E-state index in [1.807, 2.05) is 39.0 Å². The summed E-state index contributed by atoms with van der Waals surface area (Å²) >= 11 is 0. The molecule has 0 saturated carbocycles. The zero-order valence-electron chi connectivity index (χ0n) is 21.1. The Hall–Kier alpha value is -3.88. The van der Waals surface area contributed by atoms with Crippen LogP contribution in [-0.2, 0) is 9.47 Å². The Morgan fingerprint density at radius 2 is 1.97 bits per heavy atom. The summed E-state index contributed by atoms with van der Waals surface area (Å²) in [5.74, 6) is 1.31. The first-order valence-corrected chi connectivity index (χ1v) is 12.2. The first-order chi connectivity index (χ1) is 17.7. The number of hydrogen-bond acceptors (Lipinski definition) is 9. The average molecular weight is 507 g/mol. The number of rotatable bonds is 4. The van der Waals surface area contributed by atoms with Crippen molar-refractivity contribution in [3.63, 3.8) is 0 Å². The lowest BCUT2D eigenvalue weighted by atomic mass is 10.1. The molecule has 5 rings (SSSR count). The van der Waals surface area contributed by atoms with Gasteiger partial charge in [-0.2, -0.15) is 10.4 Å². The smallest absolute Gasteiger partial charge is 0.410 e. The summed E-state index contributed by atoms with van der Waals surface area (Å²) < 4.78 is 18.4. The quantitative estimate of drug-likeness (QED) is 0.568. The van der Waals surface area contributed by atoms with Gasteiger partial charge in [-0.1, -0.05) is 0 Å². The fourth-order valence-electron chi connectivity index (χ4n) is 4.45. The zero-order chi connectivity index (χ0) is 26.2. The summed E-state index contributed by atoms with van der Waals surface area (Å²) in [7, 11) is 0. The Balaban J connectivity index is 1.35. The summed E-state index contributed by atoms with van der Waals surface area (Å²) in [6, 6.07) is 7.91. The number of hydrogen-bond donors (Lipinski definition) is 1. The lowest BCUT2D eigenvalue weighted by Gasteiger charge is -2.36. The second-order valence-corrected chi connectivity index (χ2v) is 10.2. The van der Waals surface area contributed by atoms with Crippen molar-refractivity contribution in [2.75, 3.05) is 44.3 Å². The number of piperazine rings is 1. The highest BCUT2D eigenvalue weighted by Gasteiger charge is 2.29. The number of nitriles is 1. The van der Waals surface area contributed by atoms with E-state index in [9.17, 15) is 15.2 Å². The van der Waals surface area contributed by atoms with Gasteiger partial charge in [-0.15, -0.1) is 0 Å². The predicted molar refractivity (Wildman–Crippen MR) is 134 cm³/mol. The van der Waals surface area contributed by atoms with E-state index in [4.69, 9.17) is 14.2 Å². The summed E-state index contributed by atoms with van der Waals surface area (Å²) in [5.41, 5.74) is 2.11. The Morgan fingerprint density at radius 1 is 1.19 bits per heavy atom. The number of ether oxygens (including phenoxy) is 3. The van der Waals surface area contributed by atoms with Gasteiger partial charge in [0.05, 0.1) is 36.7 Å². The van der Waals surface area contributed by atoms with Crippen LogP contribution in [0.5, 0.6) is 5.75 Å². The van der Waals surface area contributed by atoms with E-state index in [-0.39, 0.29) is 12.7 Å². The lowest BCUT2D eigenvalue weighted by molar-refractivity contribution is 0.0240. The molecule has 0 aromatic carbocycles. The summed E-state index contributed by atoms with van der Waals surface area (Å²) in [5, 5.41) is 24.0. The van der Waals surface area contributed by atoms with Crippen molar-refractivity contribution in [2.24, 2.45) is 0 Å². The van der Waals surface area contributed by atoms with Crippen molar-refractivity contribution < 1.29 is 24.1 Å². The molecule has 0 radical (unpaired) electrons. The van der Waals surface area contributed by atoms with Gasteiger partial charge in [0.25, 0.3) is 0 Å². The van der Waals surface area contributed by atoms with Crippen LogP contribution in [-0.4, -0.2) is 87.9 Å². The number of nitrogens with zero attached hydrogens (tertiary/aromatic N) is 6. The normalized spacial score (nSPS) is 20.2. The second kappa shape index (κ2) is 9.88. The lowest BCUT2D eigenvalue weighted by Crippen LogP contribution is -2.50. The van der Waals surface area contributed by atoms with E-state index < -0.39 is 17.8 Å². The van der Waals surface area contributed by atoms with Crippen LogP contribution in [0.3, 0.4) is 0 Å². The number of anilines is 1. The molecule has 2 atom stereocenters. The molecule has 2 aliphatic rings. The van der Waals surface area contributed by atoms with Gasteiger partial charge < -0.3 is 29.1 Å². The molecule has 5 heterocycles. The Kier molecular flexibility index (Phi) is 6.62. The van der Waals surface area contributed by atoms with Gasteiger partial charge in [0, 0.05) is 43.5 Å². The maximum absolute atomic E-state index is 12.4. The Bertz CT molecular complexity index is 1320. The van der Waals surface area contributed by atoms with Crippen molar-refractivity contribution in [2.45, 2.75) is 38.6 Å². The monoisotopic (exact) mass is 506 g/mol. The minimum absolute atomic E-state index is 0.234. The van der Waals surface area contributed by atoms with E-state index in [0.717, 1.165) is 16.9 Å². The standard InChI is InChI=1S/C26H30N6O5/c1-26(2,3)37-25(34)31-8-6-30(7-9-31)23-5-4-17(12-28-23)20-10-19(36-22-16-35-15-21(22)33)14-32-24(20)18(11-27)13-29-32/h4-5,10,12-14,21-22,33H,6-9,15-16H2,1-3H3/t21-,22-/m0/s1. The third-order valence-electron chi connectivity index (χ3n) is 6.31. The van der Waals surface area contributed by atoms with Gasteiger partial charge in [0.2, 0.25) is 0 Å². The van der Waals surface area contributed by atoms with Crippen LogP contribution in [0.1, 0.15) is 26.3 Å². The summed E-state index contributed by atoms with van der Waals surface area (Å²) in [6.07, 6.45) is 3.49. The number of aromatic nitrogens is 3. The number of carbonyl (C=O) groups is 1. The minimum Gasteiger partial charge on any atom is -0.484 e. The van der Waals surface area contributed by atoms with Gasteiger partial charge in [-0.05, 0) is 39.0 Å². The van der Waals surface area contributed by atoms with E-state index in [1.54, 1.807) is 21.8 Å². The SMILES string of the molecule is CC(C)(C)OC(=O)N1CCN(c2ccc(-c3cc(O[C@H]4COC[C@@H]4O)cn4ncc(C#N)c34)cn2)CC1. The molecule has 0 aliphatic carbocycles. The van der Waals surface area contributed by atoms with Crippen LogP contribution >= 0.6 is 0 Å². The third kappa shape index (κ3) is 5.30. The number of pyridine rings is 2. The fraction of sp³-hybridized carbons (Fsp3) is 0.462. The highest BCUT2D eigenvalue weighted by Crippen LogP contribution is 2.32. The van der Waals surface area contributed by atoms with Crippen LogP contribution < -0.4 is 9.64 Å². The summed E-state index contributed by atoms with van der Waals surface area (Å²) in [6.45, 7) is 8.51. The molecule has 2 fully saturated rings. The van der Waals surface area contributed by atoms with Gasteiger partial charge in [0.15, 0.2) is 0 Å². The molecule has 0 spiro atoms. The molecular weight excluding hydrogens is 476 g/mol. The van der Waals surface area contributed by atoms with E-state index >= 15 is 0 Å². The van der Waals surface area contributed by atoms with E-state index in [2.05, 4.69) is 21.1 Å². The summed E-state index contributed by atoms with van der Waals surface area (Å²) in [4.78, 5) is 20.9. The van der Waals surface area contributed by atoms with Gasteiger partial charge in [0.1, 0.15) is 35.4 Å². The largest absolute Gasteiger partial charge is 0.484 e. The topological polar surface area (TPSA) is 125 Å². The molecule has 3 aromatic rings. The maximum atomic E-state index is 12.4. The highest BCUT2D eigenvalue weighted by atomic mass is 16.6. The molecule has 3 aromatic heterocycles. The maximum Gasteiger partial charge on any atom is 0.410 e. The van der Waals surface area contributed by atoms with Crippen molar-refractivity contribution in [3.8, 4) is 22.9 Å². The molecule has 11 heteroatoms. The van der Waals surface area contributed by atoms with Crippen molar-refractivity contribution in [1.82, 2.24) is 19.5 Å². The molecule has 1 amide bonds. The Labute approximate surface area is 214 Å². The minimum atomic E-state index is -0.705. The highest BCUT2D eigenvalue weighted by molar-refractivity contribution is 5.85. The molecule has 2 saturated heterocycles. The number of aliphatic hydroxyl groups is 1. The van der Waals surface area contributed by atoms with Crippen LogP contribution in [0.15, 0.2) is 36.8 Å². The molecule has 11 nitrogen and oxygen atoms in total. The van der Waals surface area contributed by atoms with Gasteiger partial charge in [-0.3, -0.25) is 0 Å². The first kappa shape index (κ1) is 24.8. The van der Waals surface area contributed by atoms with Crippen LogP contribution in [0.25, 0.3) is 16.6 Å². The van der Waals surface area contributed by atoms with Crippen LogP contribution in [0.4, 0.5) is 10.6 Å². The second-order valence-electron chi connectivity index (χ2n) is 10.2. The zero-order valence-corrected chi connectivity index (χ0v) is 21.1. The van der Waals surface area contributed by atoms with Crippen molar-refractivity contribution >= 4 is 17.4 Å². The van der Waals surface area contributed by atoms with Gasteiger partial charge in [-0.25, -0.2) is 14.3 Å².